The third kappa shape index (κ3) is 5.19. The summed E-state index contributed by atoms with van der Waals surface area (Å²) in [6.07, 6.45) is 1.12. The molecular formula is C24H26N4OS. The molecule has 0 saturated carbocycles. The molecule has 1 aromatic heterocycles. The first kappa shape index (κ1) is 20.4. The molecule has 1 aliphatic rings. The molecule has 0 saturated heterocycles. The molecule has 3 aromatic rings. The zero-order chi connectivity index (χ0) is 20.9. The summed E-state index contributed by atoms with van der Waals surface area (Å²) in [6, 6.07) is 19.1. The topological polar surface area (TPSA) is 58.1 Å². The van der Waals surface area contributed by atoms with Crippen LogP contribution in [0, 0.1) is 13.8 Å². The van der Waals surface area contributed by atoms with E-state index in [2.05, 4.69) is 68.7 Å². The molecule has 2 heterocycles. The molecular weight excluding hydrogens is 392 g/mol. The molecule has 30 heavy (non-hydrogen) atoms. The number of aryl methyl sites for hydroxylation is 2. The van der Waals surface area contributed by atoms with Gasteiger partial charge in [-0.2, -0.15) is 0 Å². The minimum Gasteiger partial charge on any atom is -0.367 e. The van der Waals surface area contributed by atoms with Gasteiger partial charge in [-0.3, -0.25) is 4.79 Å². The lowest BCUT2D eigenvalue weighted by Crippen LogP contribution is -2.24. The van der Waals surface area contributed by atoms with E-state index >= 15 is 0 Å². The van der Waals surface area contributed by atoms with Crippen LogP contribution in [0.2, 0.25) is 0 Å². The summed E-state index contributed by atoms with van der Waals surface area (Å²) in [7, 11) is 0. The number of hydrogen-bond donors (Lipinski definition) is 1. The molecule has 0 fully saturated rings. The number of carbonyl (C=O) groups excluding carboxylic acids is 1. The number of hydrogen-bond acceptors (Lipinski definition) is 5. The Kier molecular flexibility index (Phi) is 6.33. The van der Waals surface area contributed by atoms with Crippen molar-refractivity contribution in [3.8, 4) is 0 Å². The fourth-order valence-corrected chi connectivity index (χ4v) is 4.47. The number of thioether (sulfide) groups is 1. The number of benzene rings is 2. The van der Waals surface area contributed by atoms with Crippen LogP contribution in [0.25, 0.3) is 0 Å². The summed E-state index contributed by atoms with van der Waals surface area (Å²) in [5.74, 6) is 0.301. The average Bonchev–Trinajstić information content (AvgIpc) is 3.14. The predicted molar refractivity (Wildman–Crippen MR) is 122 cm³/mol. The molecule has 0 radical (unpaired) electrons. The molecule has 1 aliphatic heterocycles. The lowest BCUT2D eigenvalue weighted by molar-refractivity contribution is -0.118. The van der Waals surface area contributed by atoms with Gasteiger partial charge in [-0.15, -0.1) is 0 Å². The van der Waals surface area contributed by atoms with Gasteiger partial charge in [-0.05, 0) is 49.1 Å². The van der Waals surface area contributed by atoms with Crippen molar-refractivity contribution in [3.63, 3.8) is 0 Å². The number of anilines is 1. The van der Waals surface area contributed by atoms with Gasteiger partial charge in [-0.1, -0.05) is 54.2 Å². The molecule has 5 nitrogen and oxygen atoms in total. The van der Waals surface area contributed by atoms with Crippen LogP contribution in [0.4, 0.5) is 5.69 Å². The second-order valence-electron chi connectivity index (χ2n) is 7.62. The predicted octanol–water partition coefficient (Wildman–Crippen LogP) is 4.06. The number of carbonyl (C=O) groups is 1. The van der Waals surface area contributed by atoms with E-state index in [9.17, 15) is 4.79 Å². The minimum absolute atomic E-state index is 0.0134. The first-order valence-corrected chi connectivity index (χ1v) is 11.2. The highest BCUT2D eigenvalue weighted by molar-refractivity contribution is 7.99. The molecule has 0 unspecified atom stereocenters. The van der Waals surface area contributed by atoms with Gasteiger partial charge in [-0.25, -0.2) is 9.97 Å². The van der Waals surface area contributed by atoms with E-state index in [4.69, 9.17) is 0 Å². The van der Waals surface area contributed by atoms with E-state index in [1.807, 2.05) is 19.9 Å². The molecule has 1 N–H and O–H groups in total. The fourth-order valence-electron chi connectivity index (χ4n) is 3.69. The Morgan fingerprint density at radius 3 is 2.50 bits per heavy atom. The van der Waals surface area contributed by atoms with Crippen molar-refractivity contribution in [2.45, 2.75) is 38.5 Å². The fraction of sp³-hybridized carbons (Fsp3) is 0.292. The van der Waals surface area contributed by atoms with Crippen molar-refractivity contribution in [1.82, 2.24) is 15.3 Å². The quantitative estimate of drug-likeness (QED) is 0.463. The lowest BCUT2D eigenvalue weighted by Gasteiger charge is -2.19. The third-order valence-corrected chi connectivity index (χ3v) is 6.01. The second-order valence-corrected chi connectivity index (χ2v) is 8.56. The standard InChI is InChI=1S/C24H26N4OS/c1-17-13-18(2)27-24(26-17)30-16-23(29)25-14-19-7-9-20(10-8-19)15-28-12-11-21-5-3-4-6-22(21)28/h3-10,13H,11-12,14-16H2,1-2H3,(H,25,29). The van der Waals surface area contributed by atoms with E-state index in [1.54, 1.807) is 0 Å². The summed E-state index contributed by atoms with van der Waals surface area (Å²) in [6.45, 7) is 6.38. The molecule has 0 bridgehead atoms. The zero-order valence-corrected chi connectivity index (χ0v) is 18.2. The summed E-state index contributed by atoms with van der Waals surface area (Å²) in [5.41, 5.74) is 7.00. The number of nitrogens with one attached hydrogen (secondary N) is 1. The smallest absolute Gasteiger partial charge is 0.230 e. The minimum atomic E-state index is -0.0134. The highest BCUT2D eigenvalue weighted by atomic mass is 32.2. The molecule has 0 atom stereocenters. The van der Waals surface area contributed by atoms with E-state index in [0.29, 0.717) is 17.5 Å². The Morgan fingerprint density at radius 1 is 1.03 bits per heavy atom. The van der Waals surface area contributed by atoms with Gasteiger partial charge >= 0.3 is 0 Å². The first-order chi connectivity index (χ1) is 14.6. The first-order valence-electron chi connectivity index (χ1n) is 10.2. The van der Waals surface area contributed by atoms with Crippen molar-refractivity contribution in [3.05, 3.63) is 82.7 Å². The van der Waals surface area contributed by atoms with Crippen molar-refractivity contribution >= 4 is 23.4 Å². The van der Waals surface area contributed by atoms with E-state index in [1.165, 1.54) is 28.6 Å². The van der Waals surface area contributed by atoms with Crippen LogP contribution in [-0.2, 0) is 24.3 Å². The summed E-state index contributed by atoms with van der Waals surface area (Å²) in [4.78, 5) is 23.3. The maximum absolute atomic E-state index is 12.2. The maximum Gasteiger partial charge on any atom is 0.230 e. The van der Waals surface area contributed by atoms with Crippen molar-refractivity contribution in [2.75, 3.05) is 17.2 Å². The van der Waals surface area contributed by atoms with Crippen LogP contribution in [0.3, 0.4) is 0 Å². The number of amides is 1. The second kappa shape index (κ2) is 9.30. The van der Waals surface area contributed by atoms with Crippen LogP contribution in [0.1, 0.15) is 28.1 Å². The van der Waals surface area contributed by atoms with E-state index in [0.717, 1.165) is 36.5 Å². The number of rotatable bonds is 7. The Balaban J connectivity index is 1.25. The SMILES string of the molecule is Cc1cc(C)nc(SCC(=O)NCc2ccc(CN3CCc4ccccc43)cc2)n1. The molecule has 154 valence electrons. The Hall–Kier alpha value is -2.86. The van der Waals surface area contributed by atoms with Crippen LogP contribution in [-0.4, -0.2) is 28.2 Å². The molecule has 2 aromatic carbocycles. The van der Waals surface area contributed by atoms with Crippen LogP contribution < -0.4 is 10.2 Å². The molecule has 6 heteroatoms. The van der Waals surface area contributed by atoms with Gasteiger partial charge in [0, 0.05) is 36.7 Å². The Morgan fingerprint density at radius 2 is 1.73 bits per heavy atom. The molecule has 0 spiro atoms. The largest absolute Gasteiger partial charge is 0.367 e. The highest BCUT2D eigenvalue weighted by Gasteiger charge is 2.18. The summed E-state index contributed by atoms with van der Waals surface area (Å²) >= 11 is 1.37. The maximum atomic E-state index is 12.2. The van der Waals surface area contributed by atoms with Gasteiger partial charge in [0.25, 0.3) is 0 Å². The monoisotopic (exact) mass is 418 g/mol. The lowest BCUT2D eigenvalue weighted by atomic mass is 10.1. The van der Waals surface area contributed by atoms with Crippen LogP contribution in [0.15, 0.2) is 59.8 Å². The Bertz CT molecular complexity index is 1020. The van der Waals surface area contributed by atoms with E-state index < -0.39 is 0 Å². The number of aromatic nitrogens is 2. The molecule has 1 amide bonds. The van der Waals surface area contributed by atoms with E-state index in [-0.39, 0.29) is 5.91 Å². The van der Waals surface area contributed by atoms with Crippen LogP contribution in [0.5, 0.6) is 0 Å². The summed E-state index contributed by atoms with van der Waals surface area (Å²) in [5, 5.41) is 3.63. The molecule has 4 rings (SSSR count). The number of para-hydroxylation sites is 1. The normalized spacial score (nSPS) is 12.7. The van der Waals surface area contributed by atoms with Gasteiger partial charge in [0.05, 0.1) is 5.75 Å². The number of nitrogens with zero attached hydrogens (tertiary/aromatic N) is 3. The van der Waals surface area contributed by atoms with Gasteiger partial charge in [0.15, 0.2) is 5.16 Å². The molecule has 0 aliphatic carbocycles. The summed E-state index contributed by atoms with van der Waals surface area (Å²) < 4.78 is 0. The Labute approximate surface area is 181 Å². The van der Waals surface area contributed by atoms with Crippen LogP contribution >= 0.6 is 11.8 Å². The van der Waals surface area contributed by atoms with Crippen molar-refractivity contribution in [1.29, 1.82) is 0 Å². The van der Waals surface area contributed by atoms with Crippen molar-refractivity contribution < 1.29 is 4.79 Å². The number of fused-ring (bicyclic) bond motifs is 1. The van der Waals surface area contributed by atoms with Crippen molar-refractivity contribution in [2.24, 2.45) is 0 Å². The highest BCUT2D eigenvalue weighted by Crippen LogP contribution is 2.28. The zero-order valence-electron chi connectivity index (χ0n) is 17.4. The third-order valence-electron chi connectivity index (χ3n) is 5.16. The van der Waals surface area contributed by atoms with Gasteiger partial charge in [0.2, 0.25) is 5.91 Å². The average molecular weight is 419 g/mol. The van der Waals surface area contributed by atoms with Gasteiger partial charge in [0.1, 0.15) is 0 Å². The van der Waals surface area contributed by atoms with Gasteiger partial charge < -0.3 is 10.2 Å².